The van der Waals surface area contributed by atoms with Crippen molar-refractivity contribution in [2.45, 2.75) is 0 Å². The van der Waals surface area contributed by atoms with Crippen LogP contribution in [0.1, 0.15) is 0 Å². The summed E-state index contributed by atoms with van der Waals surface area (Å²) in [5.74, 6) is 0. The quantitative estimate of drug-likeness (QED) is 0.532. The highest BCUT2D eigenvalue weighted by molar-refractivity contribution is 7.17. The molecule has 0 N–H and O–H groups in total. The molecule has 0 fully saturated rings. The van der Waals surface area contributed by atoms with E-state index in [4.69, 9.17) is 0 Å². The zero-order chi connectivity index (χ0) is 11.9. The fraction of sp³-hybridized carbons (Fsp3) is 0. The van der Waals surface area contributed by atoms with Gasteiger partial charge in [-0.1, -0.05) is 0 Å². The molecule has 0 aromatic carbocycles. The lowest BCUT2D eigenvalue weighted by atomic mass is 10.2. The van der Waals surface area contributed by atoms with Gasteiger partial charge in [0.25, 0.3) is 0 Å². The Balaban J connectivity index is 2.03. The van der Waals surface area contributed by atoms with E-state index in [9.17, 15) is 0 Å². The van der Waals surface area contributed by atoms with E-state index in [-0.39, 0.29) is 0 Å². The second kappa shape index (κ2) is 3.79. The highest BCUT2D eigenvalue weighted by Gasteiger charge is 2.10. The van der Waals surface area contributed by atoms with Gasteiger partial charge in [-0.05, 0) is 18.2 Å². The van der Waals surface area contributed by atoms with Gasteiger partial charge >= 0.3 is 0 Å². The number of thiazole rings is 2. The number of nitrogens with zero attached hydrogens (tertiary/aromatic N) is 4. The Hall–Kier alpha value is -1.92. The Morgan fingerprint density at radius 1 is 0.833 bits per heavy atom. The van der Waals surface area contributed by atoms with E-state index in [1.807, 2.05) is 29.2 Å². The van der Waals surface area contributed by atoms with E-state index in [2.05, 4.69) is 19.9 Å². The first-order chi connectivity index (χ1) is 8.92. The summed E-state index contributed by atoms with van der Waals surface area (Å²) in [6.45, 7) is 0. The van der Waals surface area contributed by atoms with Crippen LogP contribution in [0.25, 0.3) is 32.0 Å². The summed E-state index contributed by atoms with van der Waals surface area (Å²) >= 11 is 3.13. The SMILES string of the molecule is c1cc2ncsc2c(-c2ccc3ncsc3n2)n1. The highest BCUT2D eigenvalue weighted by atomic mass is 32.1. The maximum Gasteiger partial charge on any atom is 0.143 e. The van der Waals surface area contributed by atoms with Crippen molar-refractivity contribution in [1.29, 1.82) is 0 Å². The van der Waals surface area contributed by atoms with Crippen molar-refractivity contribution < 1.29 is 0 Å². The van der Waals surface area contributed by atoms with E-state index in [1.54, 1.807) is 28.9 Å². The maximum atomic E-state index is 4.61. The van der Waals surface area contributed by atoms with E-state index in [0.29, 0.717) is 0 Å². The first kappa shape index (κ1) is 10.0. The van der Waals surface area contributed by atoms with Crippen LogP contribution in [-0.2, 0) is 0 Å². The molecule has 0 saturated carbocycles. The molecule has 6 heteroatoms. The molecule has 0 saturated heterocycles. The van der Waals surface area contributed by atoms with Crippen molar-refractivity contribution >= 4 is 43.2 Å². The smallest absolute Gasteiger partial charge is 0.143 e. The molecule has 4 nitrogen and oxygen atoms in total. The van der Waals surface area contributed by atoms with Crippen molar-refractivity contribution in [3.63, 3.8) is 0 Å². The molecule has 4 aromatic rings. The van der Waals surface area contributed by atoms with Crippen molar-refractivity contribution in [2.75, 3.05) is 0 Å². The lowest BCUT2D eigenvalue weighted by molar-refractivity contribution is 1.30. The van der Waals surface area contributed by atoms with Crippen LogP contribution in [0.2, 0.25) is 0 Å². The summed E-state index contributed by atoms with van der Waals surface area (Å²) in [4.78, 5) is 18.5. The van der Waals surface area contributed by atoms with Crippen LogP contribution in [0.3, 0.4) is 0 Å². The molecule has 4 aromatic heterocycles. The van der Waals surface area contributed by atoms with Gasteiger partial charge in [-0.3, -0.25) is 4.98 Å². The van der Waals surface area contributed by atoms with Crippen LogP contribution in [0.4, 0.5) is 0 Å². The lowest BCUT2D eigenvalue weighted by Gasteiger charge is -2.00. The Morgan fingerprint density at radius 2 is 1.72 bits per heavy atom. The zero-order valence-corrected chi connectivity index (χ0v) is 10.7. The average molecular weight is 270 g/mol. The second-order valence-electron chi connectivity index (χ2n) is 3.73. The summed E-state index contributed by atoms with van der Waals surface area (Å²) in [7, 11) is 0. The van der Waals surface area contributed by atoms with Gasteiger partial charge in [-0.25, -0.2) is 15.0 Å². The Kier molecular flexibility index (Phi) is 2.12. The molecule has 0 aliphatic rings. The van der Waals surface area contributed by atoms with Gasteiger partial charge in [0.1, 0.15) is 10.5 Å². The van der Waals surface area contributed by atoms with Crippen LogP contribution >= 0.6 is 22.7 Å². The predicted octanol–water partition coefficient (Wildman–Crippen LogP) is 3.36. The summed E-state index contributed by atoms with van der Waals surface area (Å²) < 4.78 is 1.08. The Bertz CT molecular complexity index is 849. The fourth-order valence-electron chi connectivity index (χ4n) is 1.86. The van der Waals surface area contributed by atoms with Crippen molar-refractivity contribution in [1.82, 2.24) is 19.9 Å². The van der Waals surface area contributed by atoms with Crippen LogP contribution in [-0.4, -0.2) is 19.9 Å². The monoisotopic (exact) mass is 270 g/mol. The van der Waals surface area contributed by atoms with Gasteiger partial charge in [-0.15, -0.1) is 22.7 Å². The topological polar surface area (TPSA) is 51.6 Å². The standard InChI is InChI=1S/C12H6N4S2/c1-2-9-12(18-6-15-9)16-7(1)10-11-8(3-4-13-10)14-5-17-11/h1-6H. The summed E-state index contributed by atoms with van der Waals surface area (Å²) in [5.41, 5.74) is 7.31. The fourth-order valence-corrected chi connectivity index (χ4v) is 3.30. The molecule has 0 amide bonds. The van der Waals surface area contributed by atoms with Crippen molar-refractivity contribution in [3.05, 3.63) is 35.4 Å². The molecule has 4 heterocycles. The van der Waals surface area contributed by atoms with Crippen molar-refractivity contribution in [3.8, 4) is 11.4 Å². The molecule has 0 spiro atoms. The molecule has 86 valence electrons. The largest absolute Gasteiger partial charge is 0.253 e. The second-order valence-corrected chi connectivity index (χ2v) is 5.42. The third kappa shape index (κ3) is 1.43. The highest BCUT2D eigenvalue weighted by Crippen LogP contribution is 2.29. The number of fused-ring (bicyclic) bond motifs is 2. The normalized spacial score (nSPS) is 11.3. The molecule has 18 heavy (non-hydrogen) atoms. The molecule has 0 unspecified atom stereocenters. The number of hydrogen-bond acceptors (Lipinski definition) is 6. The molecule has 0 atom stereocenters. The third-order valence-electron chi connectivity index (χ3n) is 2.69. The first-order valence-electron chi connectivity index (χ1n) is 5.30. The van der Waals surface area contributed by atoms with Gasteiger partial charge in [-0.2, -0.15) is 0 Å². The van der Waals surface area contributed by atoms with E-state index >= 15 is 0 Å². The lowest BCUT2D eigenvalue weighted by Crippen LogP contribution is -1.87. The third-order valence-corrected chi connectivity index (χ3v) is 4.27. The Labute approximate surface area is 110 Å². The summed E-state index contributed by atoms with van der Waals surface area (Å²) in [6.07, 6.45) is 1.77. The first-order valence-corrected chi connectivity index (χ1v) is 7.06. The number of aromatic nitrogens is 4. The van der Waals surface area contributed by atoms with E-state index < -0.39 is 0 Å². The van der Waals surface area contributed by atoms with Crippen LogP contribution in [0.5, 0.6) is 0 Å². The van der Waals surface area contributed by atoms with Gasteiger partial charge in [0.05, 0.1) is 32.4 Å². The maximum absolute atomic E-state index is 4.61. The molecule has 0 aliphatic heterocycles. The number of rotatable bonds is 1. The number of hydrogen-bond donors (Lipinski definition) is 0. The average Bonchev–Trinajstić information content (AvgIpc) is 3.05. The predicted molar refractivity (Wildman–Crippen MR) is 73.8 cm³/mol. The van der Waals surface area contributed by atoms with E-state index in [0.717, 1.165) is 32.0 Å². The van der Waals surface area contributed by atoms with Crippen molar-refractivity contribution in [2.24, 2.45) is 0 Å². The van der Waals surface area contributed by atoms with Gasteiger partial charge in [0.15, 0.2) is 0 Å². The van der Waals surface area contributed by atoms with Gasteiger partial charge in [0.2, 0.25) is 0 Å². The minimum Gasteiger partial charge on any atom is -0.253 e. The molecule has 0 aliphatic carbocycles. The molecule has 4 rings (SSSR count). The summed E-state index contributed by atoms with van der Waals surface area (Å²) in [5, 5.41) is 0. The minimum absolute atomic E-state index is 0.876. The van der Waals surface area contributed by atoms with Crippen LogP contribution < -0.4 is 0 Å². The molecular weight excluding hydrogens is 264 g/mol. The van der Waals surface area contributed by atoms with Gasteiger partial charge < -0.3 is 0 Å². The zero-order valence-electron chi connectivity index (χ0n) is 9.07. The minimum atomic E-state index is 0.876. The molecule has 0 radical (unpaired) electrons. The molecular formula is C12H6N4S2. The van der Waals surface area contributed by atoms with E-state index in [1.165, 1.54) is 0 Å². The Morgan fingerprint density at radius 3 is 2.72 bits per heavy atom. The molecule has 0 bridgehead atoms. The summed E-state index contributed by atoms with van der Waals surface area (Å²) in [6, 6.07) is 5.86. The van der Waals surface area contributed by atoms with Crippen LogP contribution in [0.15, 0.2) is 35.4 Å². The number of pyridine rings is 2. The van der Waals surface area contributed by atoms with Crippen LogP contribution in [0, 0.1) is 0 Å². The van der Waals surface area contributed by atoms with Gasteiger partial charge in [0, 0.05) is 6.20 Å².